The van der Waals surface area contributed by atoms with Gasteiger partial charge in [0.15, 0.2) is 0 Å². The first kappa shape index (κ1) is 14.5. The molecule has 116 valence electrons. The Morgan fingerprint density at radius 2 is 2.09 bits per heavy atom. The lowest BCUT2D eigenvalue weighted by atomic mass is 10.1. The minimum absolute atomic E-state index is 0.219. The van der Waals surface area contributed by atoms with Crippen LogP contribution in [-0.2, 0) is 22.4 Å². The van der Waals surface area contributed by atoms with E-state index in [1.807, 2.05) is 6.07 Å². The summed E-state index contributed by atoms with van der Waals surface area (Å²) >= 11 is 0. The summed E-state index contributed by atoms with van der Waals surface area (Å²) in [4.78, 5) is 40.8. The summed E-state index contributed by atoms with van der Waals surface area (Å²) in [6.45, 7) is 0. The van der Waals surface area contributed by atoms with Crippen LogP contribution in [0, 0.1) is 0 Å². The van der Waals surface area contributed by atoms with Crippen LogP contribution < -0.4 is 10.6 Å². The van der Waals surface area contributed by atoms with Crippen LogP contribution in [0.15, 0.2) is 12.1 Å². The van der Waals surface area contributed by atoms with Crippen molar-refractivity contribution in [1.82, 2.24) is 15.2 Å². The molecule has 1 aromatic heterocycles. The molecule has 1 aromatic rings. The third-order valence-corrected chi connectivity index (χ3v) is 4.12. The van der Waals surface area contributed by atoms with Crippen molar-refractivity contribution in [2.45, 2.75) is 38.1 Å². The predicted octanol–water partition coefficient (Wildman–Crippen LogP) is 0.839. The predicted molar refractivity (Wildman–Crippen MR) is 79.2 cm³/mol. The topological polar surface area (TPSA) is 91.4 Å². The number of pyridine rings is 1. The maximum Gasteiger partial charge on any atom is 0.321 e. The average molecular weight is 302 g/mol. The largest absolute Gasteiger partial charge is 0.326 e. The number of carbonyl (C=O) groups excluding carboxylic acids is 3. The van der Waals surface area contributed by atoms with E-state index in [0.717, 1.165) is 29.9 Å². The molecule has 3 rings (SSSR count). The van der Waals surface area contributed by atoms with Crippen molar-refractivity contribution >= 4 is 23.7 Å². The van der Waals surface area contributed by atoms with Crippen molar-refractivity contribution < 1.29 is 14.4 Å². The Balaban J connectivity index is 1.61. The van der Waals surface area contributed by atoms with Crippen LogP contribution in [0.3, 0.4) is 0 Å². The van der Waals surface area contributed by atoms with Crippen LogP contribution in [0.2, 0.25) is 0 Å². The molecule has 1 aliphatic heterocycles. The smallest absolute Gasteiger partial charge is 0.321 e. The molecule has 2 aliphatic rings. The summed E-state index contributed by atoms with van der Waals surface area (Å²) in [5.41, 5.74) is 2.26. The van der Waals surface area contributed by atoms with Crippen molar-refractivity contribution in [2.24, 2.45) is 0 Å². The minimum Gasteiger partial charge on any atom is -0.326 e. The number of aromatic nitrogens is 1. The van der Waals surface area contributed by atoms with E-state index in [1.54, 1.807) is 6.07 Å². The lowest BCUT2D eigenvalue weighted by Gasteiger charge is -2.28. The first-order chi connectivity index (χ1) is 10.5. The number of carbonyl (C=O) groups is 3. The number of aryl methyl sites for hydroxylation is 2. The molecule has 0 radical (unpaired) electrons. The first-order valence-corrected chi connectivity index (χ1v) is 7.41. The van der Waals surface area contributed by atoms with E-state index >= 15 is 0 Å². The highest BCUT2D eigenvalue weighted by atomic mass is 16.2. The number of likely N-dealkylation sites (tertiary alicyclic amines) is 1. The molecule has 0 bridgehead atoms. The molecule has 22 heavy (non-hydrogen) atoms. The normalized spacial score (nSPS) is 20.8. The van der Waals surface area contributed by atoms with Crippen molar-refractivity contribution in [2.75, 3.05) is 12.4 Å². The molecule has 1 unspecified atom stereocenters. The molecular formula is C15H18N4O3. The van der Waals surface area contributed by atoms with E-state index in [4.69, 9.17) is 0 Å². The molecule has 2 N–H and O–H groups in total. The fourth-order valence-electron chi connectivity index (χ4n) is 2.85. The van der Waals surface area contributed by atoms with E-state index < -0.39 is 12.1 Å². The van der Waals surface area contributed by atoms with Gasteiger partial charge in [0.2, 0.25) is 5.91 Å². The number of nitrogens with one attached hydrogen (secondary N) is 2. The van der Waals surface area contributed by atoms with Gasteiger partial charge in [0.1, 0.15) is 11.9 Å². The fraction of sp³-hybridized carbons (Fsp3) is 0.467. The Kier molecular flexibility index (Phi) is 3.79. The maximum atomic E-state index is 12.0. The fourth-order valence-corrected chi connectivity index (χ4v) is 2.85. The molecule has 0 aromatic carbocycles. The number of piperidine rings is 1. The van der Waals surface area contributed by atoms with Gasteiger partial charge in [-0.25, -0.2) is 9.78 Å². The molecule has 7 heteroatoms. The van der Waals surface area contributed by atoms with Crippen LogP contribution >= 0.6 is 0 Å². The van der Waals surface area contributed by atoms with Crippen LogP contribution in [0.4, 0.5) is 10.6 Å². The Morgan fingerprint density at radius 1 is 1.27 bits per heavy atom. The van der Waals surface area contributed by atoms with Crippen LogP contribution in [-0.4, -0.2) is 40.8 Å². The Hall–Kier alpha value is -2.44. The molecule has 0 saturated carbocycles. The summed E-state index contributed by atoms with van der Waals surface area (Å²) in [7, 11) is 1.43. The minimum atomic E-state index is -0.669. The summed E-state index contributed by atoms with van der Waals surface area (Å²) in [5, 5.41) is 5.25. The van der Waals surface area contributed by atoms with Gasteiger partial charge in [0.05, 0.1) is 0 Å². The van der Waals surface area contributed by atoms with Gasteiger partial charge in [0.25, 0.3) is 5.91 Å². The van der Waals surface area contributed by atoms with E-state index in [2.05, 4.69) is 15.6 Å². The highest BCUT2D eigenvalue weighted by molar-refractivity contribution is 6.02. The van der Waals surface area contributed by atoms with Crippen molar-refractivity contribution in [3.63, 3.8) is 0 Å². The molecule has 2 heterocycles. The van der Waals surface area contributed by atoms with Gasteiger partial charge in [-0.15, -0.1) is 0 Å². The average Bonchev–Trinajstić information content (AvgIpc) is 2.95. The van der Waals surface area contributed by atoms with Crippen molar-refractivity contribution in [3.05, 3.63) is 23.4 Å². The van der Waals surface area contributed by atoms with Gasteiger partial charge >= 0.3 is 6.03 Å². The summed E-state index contributed by atoms with van der Waals surface area (Å²) in [6, 6.07) is 2.59. The third kappa shape index (κ3) is 2.79. The zero-order chi connectivity index (χ0) is 15.7. The summed E-state index contributed by atoms with van der Waals surface area (Å²) in [6.07, 6.45) is 3.64. The van der Waals surface area contributed by atoms with Crippen LogP contribution in [0.1, 0.15) is 30.5 Å². The van der Waals surface area contributed by atoms with Gasteiger partial charge in [-0.1, -0.05) is 6.07 Å². The number of hydrogen-bond acceptors (Lipinski definition) is 4. The Bertz CT molecular complexity index is 644. The molecule has 4 amide bonds. The highest BCUT2D eigenvalue weighted by Gasteiger charge is 2.32. The number of amides is 4. The molecule has 0 spiro atoms. The van der Waals surface area contributed by atoms with Crippen LogP contribution in [0.5, 0.6) is 0 Å². The zero-order valence-electron chi connectivity index (χ0n) is 12.4. The van der Waals surface area contributed by atoms with Crippen molar-refractivity contribution in [1.29, 1.82) is 0 Å². The maximum absolute atomic E-state index is 12.0. The quantitative estimate of drug-likeness (QED) is 0.792. The second kappa shape index (κ2) is 5.75. The second-order valence-corrected chi connectivity index (χ2v) is 5.64. The Labute approximate surface area is 128 Å². The van der Waals surface area contributed by atoms with E-state index in [-0.39, 0.29) is 18.2 Å². The van der Waals surface area contributed by atoms with Gasteiger partial charge < -0.3 is 5.32 Å². The second-order valence-electron chi connectivity index (χ2n) is 5.64. The summed E-state index contributed by atoms with van der Waals surface area (Å²) < 4.78 is 0. The van der Waals surface area contributed by atoms with E-state index in [1.165, 1.54) is 12.6 Å². The number of fused-ring (bicyclic) bond motifs is 1. The lowest BCUT2D eigenvalue weighted by molar-refractivity contribution is -0.147. The third-order valence-electron chi connectivity index (χ3n) is 4.12. The Morgan fingerprint density at radius 3 is 2.91 bits per heavy atom. The summed E-state index contributed by atoms with van der Waals surface area (Å²) in [5.74, 6) is -0.122. The highest BCUT2D eigenvalue weighted by Crippen LogP contribution is 2.21. The molecule has 1 aliphatic carbocycles. The monoisotopic (exact) mass is 302 g/mol. The molecule has 1 fully saturated rings. The van der Waals surface area contributed by atoms with Gasteiger partial charge in [-0.3, -0.25) is 19.8 Å². The SMILES string of the molecule is CN1C(=O)CCC(NC(=O)Nc2ccc3c(n2)CCC3)C1=O. The number of imide groups is 1. The lowest BCUT2D eigenvalue weighted by Crippen LogP contribution is -2.53. The number of urea groups is 1. The van der Waals surface area contributed by atoms with Crippen LogP contribution in [0.25, 0.3) is 0 Å². The number of likely N-dealkylation sites (N-methyl/N-ethyl adjacent to an activating group) is 1. The van der Waals surface area contributed by atoms with E-state index in [9.17, 15) is 14.4 Å². The molecule has 1 atom stereocenters. The molecular weight excluding hydrogens is 284 g/mol. The number of anilines is 1. The molecule has 1 saturated heterocycles. The van der Waals surface area contributed by atoms with Gasteiger partial charge in [0, 0.05) is 19.2 Å². The van der Waals surface area contributed by atoms with Crippen molar-refractivity contribution in [3.8, 4) is 0 Å². The van der Waals surface area contributed by atoms with E-state index in [0.29, 0.717) is 12.2 Å². The first-order valence-electron chi connectivity index (χ1n) is 7.41. The number of hydrogen-bond donors (Lipinski definition) is 2. The van der Waals surface area contributed by atoms with Gasteiger partial charge in [-0.05, 0) is 37.3 Å². The number of nitrogens with zero attached hydrogens (tertiary/aromatic N) is 2. The van der Waals surface area contributed by atoms with Gasteiger partial charge in [-0.2, -0.15) is 0 Å². The number of rotatable bonds is 2. The molecule has 7 nitrogen and oxygen atoms in total. The standard InChI is InChI=1S/C15H18N4O3/c1-19-13(20)8-6-11(14(19)21)17-15(22)18-12-7-5-9-3-2-4-10(9)16-12/h5,7,11H,2-4,6,8H2,1H3,(H2,16,17,18,22). The zero-order valence-corrected chi connectivity index (χ0v) is 12.4.